The number of rotatable bonds is 14. The van der Waals surface area contributed by atoms with Gasteiger partial charge in [-0.25, -0.2) is 9.59 Å². The first kappa shape index (κ1) is 49.7. The highest BCUT2D eigenvalue weighted by atomic mass is 16.5. The zero-order chi connectivity index (χ0) is 52.8. The van der Waals surface area contributed by atoms with Gasteiger partial charge in [0.1, 0.15) is 29.9 Å². The van der Waals surface area contributed by atoms with Gasteiger partial charge in [0, 0.05) is 39.0 Å². The van der Waals surface area contributed by atoms with Crippen molar-refractivity contribution in [3.05, 3.63) is 141 Å². The maximum atomic E-state index is 12.8. The van der Waals surface area contributed by atoms with Gasteiger partial charge in [-0.05, 0) is 67.8 Å². The van der Waals surface area contributed by atoms with Gasteiger partial charge in [0.2, 0.25) is 0 Å². The van der Waals surface area contributed by atoms with E-state index in [2.05, 4.69) is 31.2 Å². The normalized spacial score (nSPS) is 21.4. The van der Waals surface area contributed by atoms with Crippen molar-refractivity contribution in [2.75, 3.05) is 54.1 Å². The van der Waals surface area contributed by atoms with Crippen molar-refractivity contribution >= 4 is 58.0 Å². The molecule has 6 aliphatic heterocycles. The number of hydrogen-bond acceptors (Lipinski definition) is 19. The quantitative estimate of drug-likeness (QED) is 0.0552. The largest absolute Gasteiger partial charge is 0.450 e. The molecule has 0 bridgehead atoms. The van der Waals surface area contributed by atoms with Crippen LogP contribution < -0.4 is 42.1 Å². The Morgan fingerprint density at radius 3 is 1.36 bits per heavy atom. The fourth-order valence-electron chi connectivity index (χ4n) is 10.0. The molecular formula is C53H52N10O13. The van der Waals surface area contributed by atoms with Crippen LogP contribution in [-0.2, 0) is 9.47 Å². The van der Waals surface area contributed by atoms with Crippen molar-refractivity contribution in [3.63, 3.8) is 0 Å². The summed E-state index contributed by atoms with van der Waals surface area (Å²) in [6, 6.07) is 24.6. The molecular weight excluding hydrogens is 985 g/mol. The molecule has 6 unspecified atom stereocenters. The van der Waals surface area contributed by atoms with E-state index in [9.17, 15) is 44.1 Å². The van der Waals surface area contributed by atoms with Gasteiger partial charge in [-0.3, -0.25) is 38.1 Å². The van der Waals surface area contributed by atoms with E-state index in [-0.39, 0.29) is 60.9 Å². The van der Waals surface area contributed by atoms with Gasteiger partial charge in [0.05, 0.1) is 70.9 Å². The Hall–Kier alpha value is -8.48. The predicted molar refractivity (Wildman–Crippen MR) is 273 cm³/mol. The summed E-state index contributed by atoms with van der Waals surface area (Å²) in [5.74, 6) is 1.15. The van der Waals surface area contributed by atoms with E-state index in [1.165, 1.54) is 25.1 Å². The number of carbonyl (C=O) groups is 4. The molecule has 392 valence electrons. The molecule has 76 heavy (non-hydrogen) atoms. The molecule has 6 atom stereocenters. The number of amides is 4. The van der Waals surface area contributed by atoms with Crippen LogP contribution in [0.25, 0.3) is 0 Å². The van der Waals surface area contributed by atoms with Crippen molar-refractivity contribution in [1.29, 1.82) is 0 Å². The number of ether oxygens (including phenoxy) is 4. The van der Waals surface area contributed by atoms with Gasteiger partial charge in [-0.15, -0.1) is 0 Å². The Morgan fingerprint density at radius 1 is 0.566 bits per heavy atom. The topological polar surface area (TPSA) is 290 Å². The second kappa shape index (κ2) is 20.7. The Balaban J connectivity index is 0.000000162. The number of carbonyl (C=O) groups excluding carboxylic acids is 4. The SMILES string of the molecule is CCC1OC(n2cc3c(nc2=O)Nc2c(NCCCN4C(=O)c5ccccc5C4=O)cccc2O3)CC1O.O=C1c2ccccc2C(=O)N1CCCNc1cccc2c1Nc1nc(=O)n(C3CC(O)C(CO)O3)cc1O2. The van der Waals surface area contributed by atoms with Crippen LogP contribution in [-0.4, -0.2) is 125 Å². The van der Waals surface area contributed by atoms with Gasteiger partial charge >= 0.3 is 11.4 Å². The summed E-state index contributed by atoms with van der Waals surface area (Å²) >= 11 is 0. The van der Waals surface area contributed by atoms with E-state index in [1.54, 1.807) is 66.9 Å². The summed E-state index contributed by atoms with van der Waals surface area (Å²) in [5, 5.41) is 42.5. The Kier molecular flexibility index (Phi) is 13.5. The average molecular weight is 1040 g/mol. The summed E-state index contributed by atoms with van der Waals surface area (Å²) in [7, 11) is 0. The Morgan fingerprint density at radius 2 is 0.974 bits per heavy atom. The fourth-order valence-corrected chi connectivity index (χ4v) is 10.0. The molecule has 23 nitrogen and oxygen atoms in total. The van der Waals surface area contributed by atoms with Crippen LogP contribution in [0, 0.1) is 0 Å². The zero-order valence-corrected chi connectivity index (χ0v) is 40.9. The number of hydrogen-bond donors (Lipinski definition) is 7. The number of nitrogens with zero attached hydrogens (tertiary/aromatic N) is 6. The van der Waals surface area contributed by atoms with Crippen molar-refractivity contribution in [3.8, 4) is 23.0 Å². The molecule has 2 saturated heterocycles. The van der Waals surface area contributed by atoms with Gasteiger partial charge in [-0.1, -0.05) is 43.3 Å². The van der Waals surface area contributed by atoms with Crippen LogP contribution in [0.4, 0.5) is 34.4 Å². The van der Waals surface area contributed by atoms with E-state index in [0.717, 1.165) is 5.69 Å². The molecule has 0 spiro atoms. The number of aliphatic hydroxyl groups excluding tert-OH is 3. The van der Waals surface area contributed by atoms with Crippen LogP contribution in [0.1, 0.15) is 92.9 Å². The minimum Gasteiger partial charge on any atom is -0.450 e. The lowest BCUT2D eigenvalue weighted by Crippen LogP contribution is -2.31. The van der Waals surface area contributed by atoms with Gasteiger partial charge in [0.15, 0.2) is 34.6 Å². The monoisotopic (exact) mass is 1040 g/mol. The summed E-state index contributed by atoms with van der Waals surface area (Å²) in [4.78, 5) is 86.5. The fraction of sp³-hybridized carbons (Fsp3) is 0.321. The average Bonchev–Trinajstić information content (AvgIpc) is 4.14. The van der Waals surface area contributed by atoms with Crippen LogP contribution in [0.2, 0.25) is 0 Å². The second-order valence-corrected chi connectivity index (χ2v) is 18.7. The van der Waals surface area contributed by atoms with Gasteiger partial charge < -0.3 is 55.5 Å². The molecule has 4 aromatic carbocycles. The number of para-hydroxylation sites is 2. The highest BCUT2D eigenvalue weighted by molar-refractivity contribution is 6.22. The molecule has 0 radical (unpaired) electrons. The molecule has 7 N–H and O–H groups in total. The zero-order valence-electron chi connectivity index (χ0n) is 40.9. The molecule has 23 heteroatoms. The van der Waals surface area contributed by atoms with Crippen molar-refractivity contribution in [1.82, 2.24) is 28.9 Å². The summed E-state index contributed by atoms with van der Waals surface area (Å²) in [5.41, 5.74) is 3.29. The first-order valence-corrected chi connectivity index (χ1v) is 25.0. The number of aromatic nitrogens is 4. The van der Waals surface area contributed by atoms with Crippen LogP contribution >= 0.6 is 0 Å². The highest BCUT2D eigenvalue weighted by Crippen LogP contribution is 2.46. The van der Waals surface area contributed by atoms with Crippen LogP contribution in [0.3, 0.4) is 0 Å². The number of imide groups is 2. The lowest BCUT2D eigenvalue weighted by molar-refractivity contribution is -0.0459. The molecule has 0 aliphatic carbocycles. The van der Waals surface area contributed by atoms with E-state index in [4.69, 9.17) is 18.9 Å². The summed E-state index contributed by atoms with van der Waals surface area (Å²) in [6.45, 7) is 3.10. The van der Waals surface area contributed by atoms with E-state index in [0.29, 0.717) is 108 Å². The lowest BCUT2D eigenvalue weighted by atomic mass is 10.1. The molecule has 12 rings (SSSR count). The smallest absolute Gasteiger partial charge is 0.351 e. The van der Waals surface area contributed by atoms with Crippen molar-refractivity contribution < 1.29 is 53.4 Å². The van der Waals surface area contributed by atoms with Crippen molar-refractivity contribution in [2.24, 2.45) is 0 Å². The Bertz CT molecular complexity index is 3130. The summed E-state index contributed by atoms with van der Waals surface area (Å²) < 4.78 is 26.1. The minimum absolute atomic E-state index is 0.143. The number of aliphatic hydroxyl groups is 3. The van der Waals surface area contributed by atoms with E-state index < -0.39 is 42.1 Å². The van der Waals surface area contributed by atoms with Crippen molar-refractivity contribution in [2.45, 2.75) is 75.9 Å². The van der Waals surface area contributed by atoms with E-state index >= 15 is 0 Å². The van der Waals surface area contributed by atoms with Gasteiger partial charge in [0.25, 0.3) is 23.6 Å². The summed E-state index contributed by atoms with van der Waals surface area (Å²) in [6.07, 6.45) is 1.18. The first-order chi connectivity index (χ1) is 36.9. The second-order valence-electron chi connectivity index (χ2n) is 18.7. The molecule has 2 fully saturated rings. The molecule has 8 heterocycles. The van der Waals surface area contributed by atoms with E-state index in [1.807, 2.05) is 31.2 Å². The standard InChI is InChI=1S/C27H27N5O6.C26H25N5O7/c1-2-19-18(33)13-22(38-19)32-14-21-24(30-27(32)36)29-23-17(9-5-10-20(23)37-21)28-11-6-12-31-25(34)15-7-3-4-8-16(15)26(31)35;32-13-20-17(33)11-21(38-20)31-12-19-23(29-26(31)36)28-22-16(7-3-8-18(22)37-19)27-9-4-10-30-24(34)14-5-1-2-6-15(14)25(30)35/h3-5,7-10,14,18-19,22,28,33H,2,6,11-13H2,1H3,(H,29,30,36);1-3,5-8,12,17,20-21,27,32-33H,4,9-11,13H2,(H,28,29,36). The molecule has 2 aromatic heterocycles. The van der Waals surface area contributed by atoms with Gasteiger partial charge in [-0.2, -0.15) is 9.97 Å². The molecule has 0 saturated carbocycles. The van der Waals surface area contributed by atoms with Crippen LogP contribution in [0.15, 0.2) is 107 Å². The molecule has 6 aliphatic rings. The third-order valence-electron chi connectivity index (χ3n) is 13.9. The third-order valence-corrected chi connectivity index (χ3v) is 13.9. The Labute approximate surface area is 432 Å². The third kappa shape index (κ3) is 9.27. The van der Waals surface area contributed by atoms with Crippen LogP contribution in [0.5, 0.6) is 23.0 Å². The molecule has 4 amide bonds. The maximum absolute atomic E-state index is 12.8. The minimum atomic E-state index is -0.890. The number of nitrogens with one attached hydrogen (secondary N) is 4. The molecule has 6 aromatic rings. The number of anilines is 6. The maximum Gasteiger partial charge on any atom is 0.351 e. The number of benzene rings is 4. The number of fused-ring (bicyclic) bond motifs is 6. The first-order valence-electron chi connectivity index (χ1n) is 25.0. The highest BCUT2D eigenvalue weighted by Gasteiger charge is 2.39. The predicted octanol–water partition coefficient (Wildman–Crippen LogP) is 5.08. The lowest BCUT2D eigenvalue weighted by Gasteiger charge is -2.25.